The minimum Gasteiger partial charge on any atom is -0.342 e. The summed E-state index contributed by atoms with van der Waals surface area (Å²) in [7, 11) is -0.00606. The number of amides is 1. The highest BCUT2D eigenvalue weighted by Gasteiger charge is 2.18. The number of likely N-dealkylation sites (N-methyl/N-ethyl adjacent to an activating group) is 2. The highest BCUT2D eigenvalue weighted by Crippen LogP contribution is 2.01. The fraction of sp³-hybridized carbons (Fsp3) is 0.900. The van der Waals surface area contributed by atoms with E-state index in [0.717, 1.165) is 6.26 Å². The zero-order valence-electron chi connectivity index (χ0n) is 11.3. The third kappa shape index (κ3) is 6.79. The second-order valence-electron chi connectivity index (χ2n) is 3.52. The minimum atomic E-state index is -3.16. The molecule has 1 amide bonds. The molecule has 0 rings (SSSR count). The van der Waals surface area contributed by atoms with Gasteiger partial charge in [-0.1, -0.05) is 13.8 Å². The highest BCUT2D eigenvalue weighted by molar-refractivity contribution is 7.88. The van der Waals surface area contributed by atoms with Crippen molar-refractivity contribution in [2.75, 3.05) is 26.9 Å². The summed E-state index contributed by atoms with van der Waals surface area (Å²) < 4.78 is 23.4. The van der Waals surface area contributed by atoms with Crippen molar-refractivity contribution in [2.45, 2.75) is 33.7 Å². The van der Waals surface area contributed by atoms with Crippen LogP contribution in [0.3, 0.4) is 0 Å². The van der Waals surface area contributed by atoms with Crippen LogP contribution >= 0.6 is 0 Å². The fourth-order valence-corrected chi connectivity index (χ4v) is 1.43. The Bertz CT molecular complexity index is 301. The van der Waals surface area contributed by atoms with Gasteiger partial charge >= 0.3 is 0 Å². The number of rotatable bonds is 4. The SMILES string of the molecule is CC.CC(=O)N(C)C(C)CN(C)S(C)(=O)=O. The molecule has 16 heavy (non-hydrogen) atoms. The van der Waals surface area contributed by atoms with Crippen LogP contribution in [-0.4, -0.2) is 56.5 Å². The molecule has 0 aromatic heterocycles. The van der Waals surface area contributed by atoms with E-state index < -0.39 is 10.0 Å². The molecule has 0 aliphatic heterocycles. The predicted molar refractivity (Wildman–Crippen MR) is 66.7 cm³/mol. The van der Waals surface area contributed by atoms with Crippen molar-refractivity contribution < 1.29 is 13.2 Å². The number of hydrogen-bond acceptors (Lipinski definition) is 3. The molecule has 0 saturated carbocycles. The van der Waals surface area contributed by atoms with Gasteiger partial charge in [0.05, 0.1) is 6.26 Å². The molecular weight excluding hydrogens is 228 g/mol. The highest BCUT2D eigenvalue weighted by atomic mass is 32.2. The van der Waals surface area contributed by atoms with Crippen LogP contribution in [-0.2, 0) is 14.8 Å². The molecule has 1 atom stereocenters. The number of carbonyl (C=O) groups is 1. The van der Waals surface area contributed by atoms with Gasteiger partial charge in [0.2, 0.25) is 15.9 Å². The summed E-state index contributed by atoms with van der Waals surface area (Å²) in [5, 5.41) is 0. The van der Waals surface area contributed by atoms with Gasteiger partial charge in [-0.25, -0.2) is 12.7 Å². The zero-order valence-corrected chi connectivity index (χ0v) is 12.1. The van der Waals surface area contributed by atoms with E-state index in [1.807, 2.05) is 20.8 Å². The van der Waals surface area contributed by atoms with Crippen molar-refractivity contribution in [3.05, 3.63) is 0 Å². The van der Waals surface area contributed by atoms with E-state index in [0.29, 0.717) is 6.54 Å². The van der Waals surface area contributed by atoms with Gasteiger partial charge in [-0.3, -0.25) is 4.79 Å². The van der Waals surface area contributed by atoms with Crippen molar-refractivity contribution in [3.8, 4) is 0 Å². The fourth-order valence-electron chi connectivity index (χ4n) is 0.940. The molecule has 6 heteroatoms. The lowest BCUT2D eigenvalue weighted by molar-refractivity contribution is -0.129. The molecule has 5 nitrogen and oxygen atoms in total. The smallest absolute Gasteiger partial charge is 0.219 e. The van der Waals surface area contributed by atoms with Gasteiger partial charge in [-0.05, 0) is 6.92 Å². The second-order valence-corrected chi connectivity index (χ2v) is 5.61. The van der Waals surface area contributed by atoms with Crippen LogP contribution in [0.4, 0.5) is 0 Å². The average molecular weight is 252 g/mol. The number of hydrogen-bond donors (Lipinski definition) is 0. The first-order chi connectivity index (χ1) is 7.16. The maximum absolute atomic E-state index is 11.1. The third-order valence-corrected chi connectivity index (χ3v) is 3.53. The quantitative estimate of drug-likeness (QED) is 0.742. The molecule has 0 aliphatic carbocycles. The molecule has 0 aromatic carbocycles. The lowest BCUT2D eigenvalue weighted by Gasteiger charge is -2.27. The Morgan fingerprint density at radius 2 is 1.62 bits per heavy atom. The van der Waals surface area contributed by atoms with Gasteiger partial charge in [0.15, 0.2) is 0 Å². The predicted octanol–water partition coefficient (Wildman–Crippen LogP) is 0.771. The molecule has 1 unspecified atom stereocenters. The maximum atomic E-state index is 11.1. The Kier molecular flexibility index (Phi) is 8.46. The lowest BCUT2D eigenvalue weighted by Crippen LogP contribution is -2.42. The molecule has 0 N–H and O–H groups in total. The second kappa shape index (κ2) is 7.62. The van der Waals surface area contributed by atoms with Crippen molar-refractivity contribution in [1.82, 2.24) is 9.21 Å². The Hall–Kier alpha value is -0.620. The topological polar surface area (TPSA) is 57.7 Å². The summed E-state index contributed by atoms with van der Waals surface area (Å²) in [4.78, 5) is 12.5. The molecule has 0 bridgehead atoms. The summed E-state index contributed by atoms with van der Waals surface area (Å²) in [6, 6.07) is -0.118. The van der Waals surface area contributed by atoms with Gasteiger partial charge in [-0.2, -0.15) is 0 Å². The number of carbonyl (C=O) groups excluding carboxylic acids is 1. The van der Waals surface area contributed by atoms with E-state index in [9.17, 15) is 13.2 Å². The van der Waals surface area contributed by atoms with Crippen LogP contribution in [0.15, 0.2) is 0 Å². The molecule has 98 valence electrons. The van der Waals surface area contributed by atoms with Crippen LogP contribution in [0.25, 0.3) is 0 Å². The first-order valence-electron chi connectivity index (χ1n) is 5.31. The van der Waals surface area contributed by atoms with Gasteiger partial charge in [-0.15, -0.1) is 0 Å². The molecule has 0 saturated heterocycles. The van der Waals surface area contributed by atoms with Gasteiger partial charge < -0.3 is 4.90 Å². The Labute approximate surface area is 99.5 Å². The van der Waals surface area contributed by atoms with Crippen molar-refractivity contribution in [1.29, 1.82) is 0 Å². The third-order valence-electron chi connectivity index (χ3n) is 2.25. The van der Waals surface area contributed by atoms with Crippen LogP contribution in [0.1, 0.15) is 27.7 Å². The largest absolute Gasteiger partial charge is 0.342 e. The summed E-state index contributed by atoms with van der Waals surface area (Å²) in [5.74, 6) is -0.0700. The van der Waals surface area contributed by atoms with Crippen LogP contribution < -0.4 is 0 Å². The van der Waals surface area contributed by atoms with Gasteiger partial charge in [0.1, 0.15) is 0 Å². The summed E-state index contributed by atoms with van der Waals surface area (Å²) >= 11 is 0. The van der Waals surface area contributed by atoms with Gasteiger partial charge in [0.25, 0.3) is 0 Å². The van der Waals surface area contributed by atoms with Crippen LogP contribution in [0.5, 0.6) is 0 Å². The summed E-state index contributed by atoms with van der Waals surface area (Å²) in [6.07, 6.45) is 1.15. The Balaban J connectivity index is 0. The van der Waals surface area contributed by atoms with Gasteiger partial charge in [0, 0.05) is 33.6 Å². The molecule has 0 aromatic rings. The van der Waals surface area contributed by atoms with E-state index in [1.54, 1.807) is 7.05 Å². The standard InChI is InChI=1S/C8H18N2O3S.C2H6/c1-7(10(4)8(2)11)6-9(3)14(5,12)13;1-2/h7H,6H2,1-5H3;1-2H3. The maximum Gasteiger partial charge on any atom is 0.219 e. The molecule has 0 heterocycles. The van der Waals surface area contributed by atoms with Crippen LogP contribution in [0.2, 0.25) is 0 Å². The normalized spacial score (nSPS) is 12.8. The summed E-state index contributed by atoms with van der Waals surface area (Å²) in [6.45, 7) is 7.58. The molecule has 0 aliphatic rings. The first-order valence-corrected chi connectivity index (χ1v) is 7.15. The number of sulfonamides is 1. The molecule has 0 radical (unpaired) electrons. The Morgan fingerprint density at radius 3 is 1.88 bits per heavy atom. The molecular formula is C10H24N2O3S. The van der Waals surface area contributed by atoms with E-state index in [-0.39, 0.29) is 11.9 Å². The molecule has 0 spiro atoms. The summed E-state index contributed by atoms with van der Waals surface area (Å²) in [5.41, 5.74) is 0. The van der Waals surface area contributed by atoms with E-state index >= 15 is 0 Å². The average Bonchev–Trinajstić information content (AvgIpc) is 2.17. The first kappa shape index (κ1) is 17.8. The van der Waals surface area contributed by atoms with Crippen molar-refractivity contribution in [3.63, 3.8) is 0 Å². The van der Waals surface area contributed by atoms with E-state index in [2.05, 4.69) is 0 Å². The van der Waals surface area contributed by atoms with E-state index in [4.69, 9.17) is 0 Å². The Morgan fingerprint density at radius 1 is 1.25 bits per heavy atom. The van der Waals surface area contributed by atoms with Crippen molar-refractivity contribution in [2.24, 2.45) is 0 Å². The van der Waals surface area contributed by atoms with E-state index in [1.165, 1.54) is 23.2 Å². The minimum absolute atomic E-state index is 0.0700. The lowest BCUT2D eigenvalue weighted by atomic mass is 10.3. The monoisotopic (exact) mass is 252 g/mol. The van der Waals surface area contributed by atoms with Crippen LogP contribution in [0, 0.1) is 0 Å². The van der Waals surface area contributed by atoms with Crippen molar-refractivity contribution >= 4 is 15.9 Å². The number of nitrogens with zero attached hydrogens (tertiary/aromatic N) is 2. The molecule has 0 fully saturated rings. The zero-order chi connectivity index (χ0) is 13.5.